The first-order valence-corrected chi connectivity index (χ1v) is 13.3. The fraction of sp³-hybridized carbons (Fsp3) is 0.857. The highest BCUT2D eigenvalue weighted by atomic mass is 19.4. The lowest BCUT2D eigenvalue weighted by atomic mass is 9.58. The van der Waals surface area contributed by atoms with Crippen molar-refractivity contribution < 1.29 is 41.7 Å². The largest absolute Gasteiger partial charge is 0.426 e. The molecule has 0 radical (unpaired) electrons. The quantitative estimate of drug-likeness (QED) is 0.264. The number of aliphatic hydroxyl groups is 3. The molecule has 0 saturated heterocycles. The molecule has 6 atom stereocenters. The molecule has 0 aromatic heterocycles. The molecule has 1 unspecified atom stereocenters. The Morgan fingerprint density at radius 2 is 1.51 bits per heavy atom. The number of alkyl halides is 6. The molecule has 0 bridgehead atoms. The van der Waals surface area contributed by atoms with Crippen LogP contribution >= 0.6 is 0 Å². The van der Waals surface area contributed by atoms with Crippen LogP contribution in [0, 0.1) is 28.6 Å². The van der Waals surface area contributed by atoms with E-state index in [4.69, 9.17) is 0 Å². The highest BCUT2D eigenvalue weighted by Crippen LogP contribution is 2.61. The normalized spacial score (nSPS) is 31.1. The zero-order valence-electron chi connectivity index (χ0n) is 22.6. The van der Waals surface area contributed by atoms with Gasteiger partial charge in [0.15, 0.2) is 0 Å². The van der Waals surface area contributed by atoms with Crippen LogP contribution in [0.5, 0.6) is 0 Å². The van der Waals surface area contributed by atoms with Gasteiger partial charge in [0.1, 0.15) is 0 Å². The molecule has 2 aliphatic rings. The van der Waals surface area contributed by atoms with Crippen molar-refractivity contribution in [3.8, 4) is 0 Å². The van der Waals surface area contributed by atoms with Crippen LogP contribution in [0.1, 0.15) is 92.4 Å². The second kappa shape index (κ2) is 11.6. The predicted molar refractivity (Wildman–Crippen MR) is 132 cm³/mol. The maximum atomic E-state index is 12.9. The molecule has 3 N–H and O–H groups in total. The van der Waals surface area contributed by atoms with Crippen LogP contribution in [0.15, 0.2) is 23.8 Å². The summed E-state index contributed by atoms with van der Waals surface area (Å²) >= 11 is 0. The minimum atomic E-state index is -5.77. The molecular weight excluding hydrogens is 498 g/mol. The summed E-state index contributed by atoms with van der Waals surface area (Å²) in [6.07, 6.45) is -3.88. The molecule has 0 heterocycles. The van der Waals surface area contributed by atoms with Crippen molar-refractivity contribution in [3.05, 3.63) is 23.8 Å². The Kier molecular flexibility index (Phi) is 10.1. The van der Waals surface area contributed by atoms with E-state index in [2.05, 4.69) is 33.8 Å². The van der Waals surface area contributed by atoms with Gasteiger partial charge < -0.3 is 15.3 Å². The molecule has 0 spiro atoms. The molecule has 9 heteroatoms. The minimum absolute atomic E-state index is 0.0701. The van der Waals surface area contributed by atoms with Crippen molar-refractivity contribution in [2.24, 2.45) is 28.6 Å². The van der Waals surface area contributed by atoms with Gasteiger partial charge in [0.25, 0.3) is 5.60 Å². The van der Waals surface area contributed by atoms with Gasteiger partial charge in [-0.1, -0.05) is 64.8 Å². The lowest BCUT2D eigenvalue weighted by Gasteiger charge is -2.46. The van der Waals surface area contributed by atoms with Gasteiger partial charge >= 0.3 is 12.4 Å². The highest BCUT2D eigenvalue weighted by molar-refractivity contribution is 5.19. The minimum Gasteiger partial charge on any atom is -0.393 e. The summed E-state index contributed by atoms with van der Waals surface area (Å²) in [5.41, 5.74) is -3.81. The third-order valence-corrected chi connectivity index (χ3v) is 9.61. The zero-order chi connectivity index (χ0) is 28.4. The lowest BCUT2D eigenvalue weighted by Crippen LogP contribution is -2.56. The highest BCUT2D eigenvalue weighted by Gasteiger charge is 2.69. The molecular formula is C28H44F6O3. The summed E-state index contributed by atoms with van der Waals surface area (Å²) in [5, 5.41) is 29.1. The van der Waals surface area contributed by atoms with Gasteiger partial charge in [-0.3, -0.25) is 0 Å². The summed E-state index contributed by atoms with van der Waals surface area (Å²) < 4.78 is 77.6. The Bertz CT molecular complexity index is 790. The lowest BCUT2D eigenvalue weighted by molar-refractivity contribution is -0.370. The van der Waals surface area contributed by atoms with E-state index < -0.39 is 36.6 Å². The molecule has 2 fully saturated rings. The number of hydrogen-bond donors (Lipinski definition) is 3. The molecule has 216 valence electrons. The van der Waals surface area contributed by atoms with E-state index in [1.54, 1.807) is 0 Å². The van der Waals surface area contributed by atoms with E-state index in [0.29, 0.717) is 31.6 Å². The SMILES string of the molecule is CC(CCCC(O)(C(F)(F)F)C(F)(F)F)C[C@@H](C)[C@@]1(C)CC[C@@H](/C=C/C=C2C[C@@H](O)C[C@H](O)C2)C1(C)C. The van der Waals surface area contributed by atoms with Crippen molar-refractivity contribution in [1.82, 2.24) is 0 Å². The van der Waals surface area contributed by atoms with Gasteiger partial charge in [-0.2, -0.15) is 26.3 Å². The Balaban J connectivity index is 1.97. The van der Waals surface area contributed by atoms with Crippen LogP contribution in [-0.2, 0) is 0 Å². The van der Waals surface area contributed by atoms with Gasteiger partial charge in [-0.15, -0.1) is 0 Å². The average Bonchev–Trinajstić information content (AvgIpc) is 2.95. The molecule has 2 rings (SSSR count). The van der Waals surface area contributed by atoms with Gasteiger partial charge in [0.05, 0.1) is 12.2 Å². The van der Waals surface area contributed by atoms with Crippen LogP contribution < -0.4 is 0 Å². The molecule has 37 heavy (non-hydrogen) atoms. The molecule has 0 amide bonds. The third-order valence-electron chi connectivity index (χ3n) is 9.61. The smallest absolute Gasteiger partial charge is 0.393 e. The van der Waals surface area contributed by atoms with E-state index in [1.807, 2.05) is 19.1 Å². The fourth-order valence-corrected chi connectivity index (χ4v) is 6.54. The average molecular weight is 543 g/mol. The van der Waals surface area contributed by atoms with Crippen LogP contribution in [0.25, 0.3) is 0 Å². The Morgan fingerprint density at radius 1 is 0.973 bits per heavy atom. The maximum absolute atomic E-state index is 12.9. The van der Waals surface area contributed by atoms with Crippen molar-refractivity contribution in [2.45, 2.75) is 123 Å². The first kappa shape index (κ1) is 32.2. The first-order valence-electron chi connectivity index (χ1n) is 13.3. The third kappa shape index (κ3) is 7.13. The number of aliphatic hydroxyl groups excluding tert-OH is 2. The monoisotopic (exact) mass is 542 g/mol. The van der Waals surface area contributed by atoms with Gasteiger partial charge in [-0.25, -0.2) is 0 Å². The number of halogens is 6. The fourth-order valence-electron chi connectivity index (χ4n) is 6.54. The van der Waals surface area contributed by atoms with E-state index in [1.165, 1.54) is 0 Å². The molecule has 2 aliphatic carbocycles. The van der Waals surface area contributed by atoms with E-state index in [0.717, 1.165) is 18.4 Å². The van der Waals surface area contributed by atoms with E-state index in [-0.39, 0.29) is 35.5 Å². The molecule has 0 aromatic rings. The predicted octanol–water partition coefficient (Wildman–Crippen LogP) is 7.51. The number of allylic oxidation sites excluding steroid dienone is 3. The van der Waals surface area contributed by atoms with Crippen LogP contribution in [0.2, 0.25) is 0 Å². The Labute approximate surface area is 217 Å². The van der Waals surface area contributed by atoms with Crippen LogP contribution in [0.3, 0.4) is 0 Å². The summed E-state index contributed by atoms with van der Waals surface area (Å²) in [5.74, 6) is 0.401. The second-order valence-corrected chi connectivity index (χ2v) is 12.4. The maximum Gasteiger partial charge on any atom is 0.426 e. The van der Waals surface area contributed by atoms with E-state index >= 15 is 0 Å². The molecule has 0 aliphatic heterocycles. The molecule has 3 nitrogen and oxygen atoms in total. The Morgan fingerprint density at radius 3 is 2.03 bits per heavy atom. The van der Waals surface area contributed by atoms with Crippen LogP contribution in [-0.4, -0.2) is 45.5 Å². The standard InChI is InChI=1S/C28H44F6O3/c1-18(8-7-12-26(37,27(29,30)31)28(32,33)34)14-19(2)25(5)13-11-21(24(25,3)4)10-6-9-20-15-22(35)17-23(36)16-20/h6,9-10,18-19,21-23,35-37H,7-8,11-17H2,1-5H3/b10-6+/t18?,19-,21-,22-,23-,25-/m1/s1. The van der Waals surface area contributed by atoms with Crippen molar-refractivity contribution in [3.63, 3.8) is 0 Å². The van der Waals surface area contributed by atoms with Gasteiger partial charge in [0.2, 0.25) is 0 Å². The van der Waals surface area contributed by atoms with Crippen LogP contribution in [0.4, 0.5) is 26.3 Å². The number of rotatable bonds is 9. The number of hydrogen-bond acceptors (Lipinski definition) is 3. The zero-order valence-corrected chi connectivity index (χ0v) is 22.6. The van der Waals surface area contributed by atoms with E-state index in [9.17, 15) is 41.7 Å². The summed E-state index contributed by atoms with van der Waals surface area (Å²) in [6, 6.07) is 0. The first-order chi connectivity index (χ1) is 16.7. The van der Waals surface area contributed by atoms with Gasteiger partial charge in [0, 0.05) is 0 Å². The second-order valence-electron chi connectivity index (χ2n) is 12.4. The van der Waals surface area contributed by atoms with Crippen molar-refractivity contribution in [1.29, 1.82) is 0 Å². The summed E-state index contributed by atoms with van der Waals surface area (Å²) in [4.78, 5) is 0. The summed E-state index contributed by atoms with van der Waals surface area (Å²) in [6.45, 7) is 10.6. The van der Waals surface area contributed by atoms with Gasteiger partial charge in [-0.05, 0) is 80.0 Å². The molecule has 2 saturated carbocycles. The molecule has 0 aromatic carbocycles. The van der Waals surface area contributed by atoms with Crippen molar-refractivity contribution >= 4 is 0 Å². The Hall–Kier alpha value is -1.06. The summed E-state index contributed by atoms with van der Waals surface area (Å²) in [7, 11) is 0. The van der Waals surface area contributed by atoms with Crippen molar-refractivity contribution in [2.75, 3.05) is 0 Å². The topological polar surface area (TPSA) is 60.7 Å².